The van der Waals surface area contributed by atoms with Gasteiger partial charge in [-0.05, 0) is 62.9 Å². The summed E-state index contributed by atoms with van der Waals surface area (Å²) in [6.07, 6.45) is -0.669. The van der Waals surface area contributed by atoms with E-state index in [9.17, 15) is 24.3 Å². The molecule has 1 aliphatic carbocycles. The minimum absolute atomic E-state index is 0.00569. The number of benzene rings is 7. The SMILES string of the molecule is O=C(N[C@@H](Cc1ccccc1)C(=O)C[C@@H](Cc1ccccc1)C(=O)N[C@@H](CSC(c1ccccc1)(c1ccccc1)c1ccccc1)C(=O)O)OCC1c2ccccc2-c2ccccc21. The zero-order chi connectivity index (χ0) is 45.0. The average molecular weight is 879 g/mol. The molecule has 0 heterocycles. The molecule has 326 valence electrons. The first-order valence-electron chi connectivity index (χ1n) is 21.9. The summed E-state index contributed by atoms with van der Waals surface area (Å²) in [7, 11) is 0. The standard InChI is InChI=1S/C56H50N2O6S/c59-52(50(35-40-22-8-2-9-23-40)58-55(63)64-37-49-47-32-18-16-30-45(47)46-31-17-19-33-48(46)49)36-41(34-39-20-6-1-7-21-39)53(60)57-51(54(61)62)38-65-56(42-24-10-3-11-25-42,43-26-12-4-13-27-43)44-28-14-5-15-29-44/h1-33,41,49-51H,34-38H2,(H,57,60)(H,58,63)(H,61,62)/t41-,50+,51+/m1/s1. The number of rotatable bonds is 19. The first-order valence-corrected chi connectivity index (χ1v) is 22.8. The Kier molecular flexibility index (Phi) is 14.3. The highest BCUT2D eigenvalue weighted by molar-refractivity contribution is 8.00. The van der Waals surface area contributed by atoms with Crippen molar-refractivity contribution in [3.63, 3.8) is 0 Å². The number of ether oxygens (including phenoxy) is 1. The summed E-state index contributed by atoms with van der Waals surface area (Å²) in [5.41, 5.74) is 8.83. The minimum Gasteiger partial charge on any atom is -0.480 e. The van der Waals surface area contributed by atoms with E-state index in [1.807, 2.05) is 188 Å². The number of amides is 2. The van der Waals surface area contributed by atoms with Gasteiger partial charge in [0.1, 0.15) is 12.6 Å². The van der Waals surface area contributed by atoms with Crippen molar-refractivity contribution in [3.05, 3.63) is 239 Å². The number of alkyl carbamates (subject to hydrolysis) is 1. The molecule has 1 aliphatic rings. The number of carboxylic acid groups (broad SMARTS) is 1. The quantitative estimate of drug-likeness (QED) is 0.0692. The molecule has 7 aromatic rings. The molecule has 0 unspecified atom stereocenters. The average Bonchev–Trinajstić information content (AvgIpc) is 3.67. The number of fused-ring (bicyclic) bond motifs is 3. The molecule has 3 N–H and O–H groups in total. The first kappa shape index (κ1) is 44.4. The van der Waals surface area contributed by atoms with E-state index >= 15 is 0 Å². The molecule has 0 saturated carbocycles. The molecule has 3 atom stereocenters. The van der Waals surface area contributed by atoms with Crippen molar-refractivity contribution in [2.45, 2.75) is 42.0 Å². The van der Waals surface area contributed by atoms with Gasteiger partial charge in [-0.25, -0.2) is 9.59 Å². The Morgan fingerprint density at radius 3 is 1.45 bits per heavy atom. The van der Waals surface area contributed by atoms with Crippen LogP contribution in [0, 0.1) is 5.92 Å². The molecule has 0 saturated heterocycles. The number of carbonyl (C=O) groups excluding carboxylic acids is 3. The predicted molar refractivity (Wildman–Crippen MR) is 257 cm³/mol. The van der Waals surface area contributed by atoms with Crippen LogP contribution in [-0.4, -0.2) is 53.3 Å². The fourth-order valence-corrected chi connectivity index (χ4v) is 10.4. The van der Waals surface area contributed by atoms with E-state index in [2.05, 4.69) is 22.8 Å². The van der Waals surface area contributed by atoms with Crippen LogP contribution >= 0.6 is 11.8 Å². The summed E-state index contributed by atoms with van der Waals surface area (Å²) in [5.74, 6) is -3.27. The van der Waals surface area contributed by atoms with Gasteiger partial charge in [-0.3, -0.25) is 9.59 Å². The Hall–Kier alpha value is -7.23. The highest BCUT2D eigenvalue weighted by atomic mass is 32.2. The molecular formula is C56H50N2O6S. The molecule has 2 amide bonds. The van der Waals surface area contributed by atoms with Gasteiger partial charge in [0.25, 0.3) is 0 Å². The maximum absolute atomic E-state index is 14.6. The number of nitrogens with one attached hydrogen (secondary N) is 2. The Morgan fingerprint density at radius 2 is 0.969 bits per heavy atom. The summed E-state index contributed by atoms with van der Waals surface area (Å²) < 4.78 is 5.06. The normalized spacial score (nSPS) is 13.4. The highest BCUT2D eigenvalue weighted by Gasteiger charge is 2.39. The number of hydrogen-bond acceptors (Lipinski definition) is 6. The molecule has 0 radical (unpaired) electrons. The van der Waals surface area contributed by atoms with Crippen LogP contribution in [-0.2, 0) is 36.7 Å². The van der Waals surface area contributed by atoms with Crippen molar-refractivity contribution < 1.29 is 29.0 Å². The molecule has 0 fully saturated rings. The van der Waals surface area contributed by atoms with E-state index in [1.54, 1.807) is 0 Å². The van der Waals surface area contributed by atoms with Gasteiger partial charge >= 0.3 is 12.1 Å². The molecule has 9 heteroatoms. The van der Waals surface area contributed by atoms with Crippen molar-refractivity contribution in [3.8, 4) is 11.1 Å². The lowest BCUT2D eigenvalue weighted by Gasteiger charge is -2.36. The monoisotopic (exact) mass is 878 g/mol. The van der Waals surface area contributed by atoms with E-state index in [-0.39, 0.29) is 43.3 Å². The summed E-state index contributed by atoms with van der Waals surface area (Å²) in [5, 5.41) is 16.4. The van der Waals surface area contributed by atoms with Crippen molar-refractivity contribution in [1.29, 1.82) is 0 Å². The summed E-state index contributed by atoms with van der Waals surface area (Å²) in [6.45, 7) is 0.0693. The Balaban J connectivity index is 1.03. The second-order valence-electron chi connectivity index (χ2n) is 16.3. The fourth-order valence-electron chi connectivity index (χ4n) is 8.86. The van der Waals surface area contributed by atoms with Gasteiger partial charge in [-0.1, -0.05) is 200 Å². The number of ketones is 1. The number of hydrogen-bond donors (Lipinski definition) is 3. The topological polar surface area (TPSA) is 122 Å². The van der Waals surface area contributed by atoms with Crippen LogP contribution in [0.5, 0.6) is 0 Å². The van der Waals surface area contributed by atoms with Crippen molar-refractivity contribution >= 4 is 35.5 Å². The molecule has 0 bridgehead atoms. The third-order valence-electron chi connectivity index (χ3n) is 12.1. The van der Waals surface area contributed by atoms with Gasteiger partial charge in [0.15, 0.2) is 5.78 Å². The first-order chi connectivity index (χ1) is 31.8. The van der Waals surface area contributed by atoms with Crippen molar-refractivity contribution in [2.24, 2.45) is 5.92 Å². The molecule has 8 nitrogen and oxygen atoms in total. The smallest absolute Gasteiger partial charge is 0.407 e. The predicted octanol–water partition coefficient (Wildman–Crippen LogP) is 10.2. The maximum Gasteiger partial charge on any atom is 0.407 e. The fraction of sp³-hybridized carbons (Fsp3) is 0.179. The summed E-state index contributed by atoms with van der Waals surface area (Å²) in [4.78, 5) is 55.9. The Bertz CT molecular complexity index is 2560. The molecule has 0 spiro atoms. The van der Waals surface area contributed by atoms with Gasteiger partial charge in [0, 0.05) is 24.0 Å². The molecule has 7 aromatic carbocycles. The largest absolute Gasteiger partial charge is 0.480 e. The van der Waals surface area contributed by atoms with E-state index in [1.165, 1.54) is 11.8 Å². The Morgan fingerprint density at radius 1 is 0.538 bits per heavy atom. The highest BCUT2D eigenvalue weighted by Crippen LogP contribution is 2.49. The van der Waals surface area contributed by atoms with Crippen LogP contribution in [0.4, 0.5) is 4.79 Å². The number of aliphatic carboxylic acids is 1. The number of carboxylic acids is 1. The van der Waals surface area contributed by atoms with Crippen LogP contribution in [0.15, 0.2) is 200 Å². The molecule has 8 rings (SSSR count). The molecule has 0 aliphatic heterocycles. The van der Waals surface area contributed by atoms with Gasteiger partial charge < -0.3 is 20.5 Å². The Labute approximate surface area is 384 Å². The third kappa shape index (κ3) is 10.4. The maximum atomic E-state index is 14.6. The third-order valence-corrected chi connectivity index (χ3v) is 13.7. The van der Waals surface area contributed by atoms with Crippen molar-refractivity contribution in [1.82, 2.24) is 10.6 Å². The summed E-state index contributed by atoms with van der Waals surface area (Å²) in [6, 6.07) is 62.3. The molecule has 65 heavy (non-hydrogen) atoms. The molecular weight excluding hydrogens is 829 g/mol. The second-order valence-corrected chi connectivity index (χ2v) is 17.5. The lowest BCUT2D eigenvalue weighted by atomic mass is 9.84. The van der Waals surface area contributed by atoms with Gasteiger partial charge in [0.05, 0.1) is 10.8 Å². The minimum atomic E-state index is -1.31. The van der Waals surface area contributed by atoms with E-state index in [4.69, 9.17) is 4.74 Å². The number of thioether (sulfide) groups is 1. The van der Waals surface area contributed by atoms with Crippen LogP contribution in [0.3, 0.4) is 0 Å². The van der Waals surface area contributed by atoms with Gasteiger partial charge in [0.2, 0.25) is 5.91 Å². The van der Waals surface area contributed by atoms with E-state index in [0.717, 1.165) is 50.1 Å². The lowest BCUT2D eigenvalue weighted by molar-refractivity contribution is -0.142. The zero-order valence-corrected chi connectivity index (χ0v) is 36.6. The van der Waals surface area contributed by atoms with Gasteiger partial charge in [-0.2, -0.15) is 0 Å². The van der Waals surface area contributed by atoms with Crippen LogP contribution < -0.4 is 10.6 Å². The number of Topliss-reactive ketones (excluding diaryl/α,β-unsaturated/α-hetero) is 1. The van der Waals surface area contributed by atoms with E-state index < -0.39 is 40.7 Å². The van der Waals surface area contributed by atoms with E-state index in [0.29, 0.717) is 0 Å². The van der Waals surface area contributed by atoms with Crippen LogP contribution in [0.2, 0.25) is 0 Å². The lowest BCUT2D eigenvalue weighted by Crippen LogP contribution is -2.48. The number of carbonyl (C=O) groups is 4. The van der Waals surface area contributed by atoms with Gasteiger partial charge in [-0.15, -0.1) is 11.8 Å². The molecule has 0 aromatic heterocycles. The van der Waals surface area contributed by atoms with Crippen molar-refractivity contribution in [2.75, 3.05) is 12.4 Å². The summed E-state index contributed by atoms with van der Waals surface area (Å²) >= 11 is 1.43. The van der Waals surface area contributed by atoms with Crippen LogP contribution in [0.25, 0.3) is 11.1 Å². The van der Waals surface area contributed by atoms with Crippen LogP contribution in [0.1, 0.15) is 51.3 Å². The zero-order valence-electron chi connectivity index (χ0n) is 35.8. The second kappa shape index (κ2) is 21.0.